The highest BCUT2D eigenvalue weighted by atomic mass is 14.0. The zero-order chi connectivity index (χ0) is 15.5. The highest BCUT2D eigenvalue weighted by Crippen LogP contribution is 2.24. The van der Waals surface area contributed by atoms with Crippen LogP contribution in [0.3, 0.4) is 0 Å². The molecule has 2 aromatic carbocycles. The topological polar surface area (TPSA) is 0 Å². The van der Waals surface area contributed by atoms with Gasteiger partial charge in [0.2, 0.25) is 0 Å². The molecule has 21 heavy (non-hydrogen) atoms. The maximum absolute atomic E-state index is 3.89. The molecule has 2 aromatic rings. The van der Waals surface area contributed by atoms with Gasteiger partial charge in [-0.25, -0.2) is 0 Å². The van der Waals surface area contributed by atoms with Crippen molar-refractivity contribution in [2.24, 2.45) is 0 Å². The molecule has 2 rings (SSSR count). The minimum Gasteiger partial charge on any atom is -0.0984 e. The van der Waals surface area contributed by atoms with Gasteiger partial charge in [0, 0.05) is 0 Å². The molecule has 0 spiro atoms. The lowest BCUT2D eigenvalue weighted by Crippen LogP contribution is -1.83. The van der Waals surface area contributed by atoms with Gasteiger partial charge in [-0.15, -0.1) is 0 Å². The molecule has 0 aliphatic heterocycles. The SMILES string of the molecule is C=C/C(=C\C=C/C)c1cccc(-c2ccccc2)c1.CC. The largest absolute Gasteiger partial charge is 0.0984 e. The van der Waals surface area contributed by atoms with Gasteiger partial charge in [-0.05, 0) is 35.3 Å². The first-order chi connectivity index (χ1) is 10.3. The van der Waals surface area contributed by atoms with Crippen molar-refractivity contribution >= 4 is 5.57 Å². The quantitative estimate of drug-likeness (QED) is 0.557. The van der Waals surface area contributed by atoms with Crippen molar-refractivity contribution in [2.75, 3.05) is 0 Å². The first kappa shape index (κ1) is 16.7. The van der Waals surface area contributed by atoms with Crippen LogP contribution in [0.5, 0.6) is 0 Å². The molecule has 0 heteroatoms. The molecule has 0 unspecified atom stereocenters. The van der Waals surface area contributed by atoms with Crippen molar-refractivity contribution in [3.63, 3.8) is 0 Å². The normalized spacial score (nSPS) is 10.9. The summed E-state index contributed by atoms with van der Waals surface area (Å²) in [4.78, 5) is 0. The van der Waals surface area contributed by atoms with Crippen molar-refractivity contribution in [2.45, 2.75) is 20.8 Å². The summed E-state index contributed by atoms with van der Waals surface area (Å²) in [5, 5.41) is 0. The fraction of sp³-hybridized carbons (Fsp3) is 0.143. The van der Waals surface area contributed by atoms with Crippen molar-refractivity contribution in [3.8, 4) is 11.1 Å². The van der Waals surface area contributed by atoms with Gasteiger partial charge in [0.25, 0.3) is 0 Å². The lowest BCUT2D eigenvalue weighted by Gasteiger charge is -2.06. The van der Waals surface area contributed by atoms with Crippen molar-refractivity contribution in [1.29, 1.82) is 0 Å². The zero-order valence-corrected chi connectivity index (χ0v) is 13.2. The second kappa shape index (κ2) is 9.55. The molecule has 0 saturated carbocycles. The Hall–Kier alpha value is -2.34. The number of rotatable bonds is 4. The molecule has 0 amide bonds. The third-order valence-electron chi connectivity index (χ3n) is 2.99. The summed E-state index contributed by atoms with van der Waals surface area (Å²) in [5.74, 6) is 0. The van der Waals surface area contributed by atoms with E-state index in [-0.39, 0.29) is 0 Å². The van der Waals surface area contributed by atoms with Crippen LogP contribution >= 0.6 is 0 Å². The first-order valence-electron chi connectivity index (χ1n) is 7.46. The summed E-state index contributed by atoms with van der Waals surface area (Å²) < 4.78 is 0. The maximum Gasteiger partial charge on any atom is -0.0178 e. The predicted octanol–water partition coefficient (Wildman–Crippen LogP) is 6.53. The Morgan fingerprint density at radius 2 is 1.57 bits per heavy atom. The van der Waals surface area contributed by atoms with Crippen LogP contribution in [0.1, 0.15) is 26.3 Å². The monoisotopic (exact) mass is 276 g/mol. The van der Waals surface area contributed by atoms with E-state index in [4.69, 9.17) is 0 Å². The molecule has 0 heterocycles. The van der Waals surface area contributed by atoms with E-state index in [0.29, 0.717) is 0 Å². The second-order valence-electron chi connectivity index (χ2n) is 4.30. The van der Waals surface area contributed by atoms with E-state index in [9.17, 15) is 0 Å². The van der Waals surface area contributed by atoms with Gasteiger partial charge < -0.3 is 0 Å². The minimum absolute atomic E-state index is 1.14. The third-order valence-corrected chi connectivity index (χ3v) is 2.99. The van der Waals surface area contributed by atoms with Gasteiger partial charge in [-0.3, -0.25) is 0 Å². The molecular weight excluding hydrogens is 252 g/mol. The number of benzene rings is 2. The fourth-order valence-corrected chi connectivity index (χ4v) is 1.99. The molecular formula is C21H24. The van der Waals surface area contributed by atoms with Crippen LogP contribution in [0.25, 0.3) is 16.7 Å². The van der Waals surface area contributed by atoms with E-state index in [2.05, 4.69) is 61.2 Å². The predicted molar refractivity (Wildman–Crippen MR) is 96.2 cm³/mol. The molecule has 0 saturated heterocycles. The molecule has 0 nitrogen and oxygen atoms in total. The maximum atomic E-state index is 3.89. The number of hydrogen-bond donors (Lipinski definition) is 0. The average molecular weight is 276 g/mol. The van der Waals surface area contributed by atoms with Crippen molar-refractivity contribution in [1.82, 2.24) is 0 Å². The van der Waals surface area contributed by atoms with Crippen LogP contribution < -0.4 is 0 Å². The van der Waals surface area contributed by atoms with Gasteiger partial charge in [0.1, 0.15) is 0 Å². The molecule has 0 radical (unpaired) electrons. The van der Waals surface area contributed by atoms with Crippen LogP contribution in [0.15, 0.2) is 85.5 Å². The lowest BCUT2D eigenvalue weighted by atomic mass is 9.99. The Labute approximate surface area is 129 Å². The third kappa shape index (κ3) is 4.92. The van der Waals surface area contributed by atoms with Gasteiger partial charge >= 0.3 is 0 Å². The van der Waals surface area contributed by atoms with E-state index >= 15 is 0 Å². The fourth-order valence-electron chi connectivity index (χ4n) is 1.99. The summed E-state index contributed by atoms with van der Waals surface area (Å²) in [6.07, 6.45) is 8.03. The van der Waals surface area contributed by atoms with Crippen LogP contribution in [0, 0.1) is 0 Å². The van der Waals surface area contributed by atoms with E-state index in [1.165, 1.54) is 16.7 Å². The molecule has 108 valence electrons. The Morgan fingerprint density at radius 1 is 0.905 bits per heavy atom. The highest BCUT2D eigenvalue weighted by Gasteiger charge is 2.00. The molecule has 0 N–H and O–H groups in total. The number of hydrogen-bond acceptors (Lipinski definition) is 0. The van der Waals surface area contributed by atoms with E-state index in [0.717, 1.165) is 5.57 Å². The van der Waals surface area contributed by atoms with Gasteiger partial charge in [-0.1, -0.05) is 93.3 Å². The molecule has 0 bridgehead atoms. The Bertz CT molecular complexity index is 601. The van der Waals surface area contributed by atoms with Crippen LogP contribution in [0.2, 0.25) is 0 Å². The molecule has 0 aliphatic carbocycles. The smallest absolute Gasteiger partial charge is 0.0178 e. The van der Waals surface area contributed by atoms with E-state index in [1.807, 2.05) is 45.1 Å². The Morgan fingerprint density at radius 3 is 2.19 bits per heavy atom. The average Bonchev–Trinajstić information content (AvgIpc) is 2.58. The van der Waals surface area contributed by atoms with Gasteiger partial charge in [0.05, 0.1) is 0 Å². The molecule has 0 atom stereocenters. The summed E-state index contributed by atoms with van der Waals surface area (Å²) in [6.45, 7) is 9.90. The van der Waals surface area contributed by atoms with Crippen LogP contribution in [-0.4, -0.2) is 0 Å². The second-order valence-corrected chi connectivity index (χ2v) is 4.30. The number of allylic oxidation sites excluding steroid dienone is 5. The summed E-state index contributed by atoms with van der Waals surface area (Å²) in [7, 11) is 0. The van der Waals surface area contributed by atoms with Gasteiger partial charge in [0.15, 0.2) is 0 Å². The van der Waals surface area contributed by atoms with E-state index in [1.54, 1.807) is 0 Å². The molecule has 0 aromatic heterocycles. The first-order valence-corrected chi connectivity index (χ1v) is 7.46. The summed E-state index contributed by atoms with van der Waals surface area (Å²) >= 11 is 0. The molecule has 0 fully saturated rings. The van der Waals surface area contributed by atoms with Gasteiger partial charge in [-0.2, -0.15) is 0 Å². The molecule has 0 aliphatic rings. The highest BCUT2D eigenvalue weighted by molar-refractivity contribution is 5.78. The Balaban J connectivity index is 0.00000106. The summed E-state index contributed by atoms with van der Waals surface area (Å²) in [6, 6.07) is 19.0. The minimum atomic E-state index is 1.14. The standard InChI is InChI=1S/C19H18.C2H6/c1-3-5-10-16(4-2)18-13-9-14-19(15-18)17-11-7-6-8-12-17;1-2/h3-15H,2H2,1H3;1-2H3/b5-3-,16-10+;. The van der Waals surface area contributed by atoms with Crippen molar-refractivity contribution in [3.05, 3.63) is 91.0 Å². The van der Waals surface area contributed by atoms with Crippen molar-refractivity contribution < 1.29 is 0 Å². The van der Waals surface area contributed by atoms with E-state index < -0.39 is 0 Å². The van der Waals surface area contributed by atoms with Crippen LogP contribution in [0.4, 0.5) is 0 Å². The Kier molecular flexibility index (Phi) is 7.60. The van der Waals surface area contributed by atoms with Crippen LogP contribution in [-0.2, 0) is 0 Å². The lowest BCUT2D eigenvalue weighted by molar-refractivity contribution is 1.50. The zero-order valence-electron chi connectivity index (χ0n) is 13.2. The summed E-state index contributed by atoms with van der Waals surface area (Å²) in [5.41, 5.74) is 4.79.